The van der Waals surface area contributed by atoms with Gasteiger partial charge in [0.2, 0.25) is 0 Å². The second-order valence-corrected chi connectivity index (χ2v) is 3.34. The third kappa shape index (κ3) is 1.54. The first kappa shape index (κ1) is 9.64. The van der Waals surface area contributed by atoms with Gasteiger partial charge in [0.05, 0.1) is 13.2 Å². The molecule has 78 valence electrons. The molecule has 2 heterocycles. The summed E-state index contributed by atoms with van der Waals surface area (Å²) < 4.78 is 15.5. The third-order valence-electron chi connectivity index (χ3n) is 2.42. The standard InChI is InChI=1S/C9H12O5/c1-2-7(11)14-6-4-13-8-5(10)3-12-9(6)8/h2,5-6,8-10H,1,3-4H2. The van der Waals surface area contributed by atoms with Crippen LogP contribution in [0, 0.1) is 0 Å². The highest BCUT2D eigenvalue weighted by Crippen LogP contribution is 2.28. The Labute approximate surface area is 81.3 Å². The van der Waals surface area contributed by atoms with E-state index >= 15 is 0 Å². The summed E-state index contributed by atoms with van der Waals surface area (Å²) in [6, 6.07) is 0. The van der Waals surface area contributed by atoms with Crippen LogP contribution < -0.4 is 0 Å². The molecule has 0 aromatic carbocycles. The molecule has 4 atom stereocenters. The smallest absolute Gasteiger partial charge is 0.330 e. The summed E-state index contributed by atoms with van der Waals surface area (Å²) in [6.45, 7) is 3.80. The van der Waals surface area contributed by atoms with Gasteiger partial charge < -0.3 is 19.3 Å². The minimum atomic E-state index is -0.618. The van der Waals surface area contributed by atoms with Crippen LogP contribution in [0.25, 0.3) is 0 Å². The van der Waals surface area contributed by atoms with Crippen molar-refractivity contribution >= 4 is 5.97 Å². The molecule has 14 heavy (non-hydrogen) atoms. The van der Waals surface area contributed by atoms with Gasteiger partial charge in [0.15, 0.2) is 6.10 Å². The molecule has 5 heteroatoms. The van der Waals surface area contributed by atoms with Crippen molar-refractivity contribution in [3.63, 3.8) is 0 Å². The van der Waals surface area contributed by atoms with E-state index in [0.29, 0.717) is 0 Å². The first-order chi connectivity index (χ1) is 6.72. The van der Waals surface area contributed by atoms with Gasteiger partial charge in [0.25, 0.3) is 0 Å². The molecule has 0 aromatic rings. The van der Waals surface area contributed by atoms with Crippen molar-refractivity contribution in [1.29, 1.82) is 0 Å². The number of hydrogen-bond donors (Lipinski definition) is 1. The number of aliphatic hydroxyl groups excluding tert-OH is 1. The molecular weight excluding hydrogens is 188 g/mol. The molecule has 0 bridgehead atoms. The second-order valence-electron chi connectivity index (χ2n) is 3.34. The molecule has 4 unspecified atom stereocenters. The Hall–Kier alpha value is -0.910. The second kappa shape index (κ2) is 3.68. The van der Waals surface area contributed by atoms with E-state index in [1.165, 1.54) is 0 Å². The highest BCUT2D eigenvalue weighted by molar-refractivity contribution is 5.81. The normalized spacial score (nSPS) is 40.6. The maximum atomic E-state index is 10.9. The van der Waals surface area contributed by atoms with Crippen LogP contribution >= 0.6 is 0 Å². The van der Waals surface area contributed by atoms with Gasteiger partial charge in [-0.05, 0) is 0 Å². The summed E-state index contributed by atoms with van der Waals surface area (Å²) in [5, 5.41) is 9.40. The van der Waals surface area contributed by atoms with Gasteiger partial charge in [-0.15, -0.1) is 0 Å². The van der Waals surface area contributed by atoms with Gasteiger partial charge >= 0.3 is 5.97 Å². The Kier molecular flexibility index (Phi) is 2.54. The van der Waals surface area contributed by atoms with Crippen molar-refractivity contribution < 1.29 is 24.1 Å². The summed E-state index contributed by atoms with van der Waals surface area (Å²) in [5.74, 6) is -0.496. The Balaban J connectivity index is 1.96. The lowest BCUT2D eigenvalue weighted by molar-refractivity contribution is -0.147. The molecule has 2 saturated heterocycles. The molecule has 0 aliphatic carbocycles. The number of hydrogen-bond acceptors (Lipinski definition) is 5. The monoisotopic (exact) mass is 200 g/mol. The average Bonchev–Trinajstić information content (AvgIpc) is 2.72. The van der Waals surface area contributed by atoms with Crippen LogP contribution in [0.1, 0.15) is 0 Å². The molecule has 2 aliphatic heterocycles. The van der Waals surface area contributed by atoms with Gasteiger partial charge in [0, 0.05) is 6.08 Å². The molecule has 0 amide bonds. The predicted octanol–water partition coefficient (Wildman–Crippen LogP) is -0.757. The molecule has 1 N–H and O–H groups in total. The number of aliphatic hydroxyl groups is 1. The summed E-state index contributed by atoms with van der Waals surface area (Å²) in [4.78, 5) is 10.9. The van der Waals surface area contributed by atoms with Crippen molar-refractivity contribution in [3.8, 4) is 0 Å². The number of carbonyl (C=O) groups excluding carboxylic acids is 1. The highest BCUT2D eigenvalue weighted by atomic mass is 16.6. The summed E-state index contributed by atoms with van der Waals surface area (Å²) in [6.07, 6.45) is -0.653. The zero-order chi connectivity index (χ0) is 10.1. The Bertz CT molecular complexity index is 252. The molecule has 0 aromatic heterocycles. The van der Waals surface area contributed by atoms with Crippen LogP contribution in [0.5, 0.6) is 0 Å². The van der Waals surface area contributed by atoms with E-state index in [2.05, 4.69) is 6.58 Å². The van der Waals surface area contributed by atoms with E-state index in [9.17, 15) is 9.90 Å². The molecule has 2 aliphatic rings. The maximum absolute atomic E-state index is 10.9. The van der Waals surface area contributed by atoms with Crippen molar-refractivity contribution in [2.45, 2.75) is 24.4 Å². The summed E-state index contributed by atoms with van der Waals surface area (Å²) >= 11 is 0. The predicted molar refractivity (Wildman–Crippen MR) is 45.6 cm³/mol. The largest absolute Gasteiger partial charge is 0.454 e. The van der Waals surface area contributed by atoms with Gasteiger partial charge in [-0.3, -0.25) is 0 Å². The van der Waals surface area contributed by atoms with Crippen LogP contribution in [0.2, 0.25) is 0 Å². The van der Waals surface area contributed by atoms with Crippen molar-refractivity contribution in [1.82, 2.24) is 0 Å². The molecule has 5 nitrogen and oxygen atoms in total. The number of esters is 1. The first-order valence-corrected chi connectivity index (χ1v) is 4.46. The lowest BCUT2D eigenvalue weighted by Crippen LogP contribution is -2.33. The molecule has 2 rings (SSSR count). The van der Waals surface area contributed by atoms with Crippen LogP contribution in [-0.2, 0) is 19.0 Å². The number of rotatable bonds is 2. The lowest BCUT2D eigenvalue weighted by Gasteiger charge is -2.15. The molecular formula is C9H12O5. The van der Waals surface area contributed by atoms with Gasteiger partial charge in [-0.1, -0.05) is 6.58 Å². The molecule has 2 fully saturated rings. The van der Waals surface area contributed by atoms with Crippen LogP contribution in [0.4, 0.5) is 0 Å². The number of fused-ring (bicyclic) bond motifs is 1. The van der Waals surface area contributed by atoms with Crippen molar-refractivity contribution in [2.24, 2.45) is 0 Å². The summed E-state index contributed by atoms with van der Waals surface area (Å²) in [7, 11) is 0. The highest BCUT2D eigenvalue weighted by Gasteiger charge is 2.48. The fourth-order valence-corrected chi connectivity index (χ4v) is 1.74. The molecule has 0 radical (unpaired) electrons. The van der Waals surface area contributed by atoms with E-state index in [1.54, 1.807) is 0 Å². The minimum absolute atomic E-state index is 0.234. The fourth-order valence-electron chi connectivity index (χ4n) is 1.74. The van der Waals surface area contributed by atoms with E-state index in [4.69, 9.17) is 14.2 Å². The van der Waals surface area contributed by atoms with Crippen LogP contribution in [0.3, 0.4) is 0 Å². The van der Waals surface area contributed by atoms with E-state index in [1.807, 2.05) is 0 Å². The van der Waals surface area contributed by atoms with Crippen LogP contribution in [0.15, 0.2) is 12.7 Å². The average molecular weight is 200 g/mol. The van der Waals surface area contributed by atoms with Gasteiger partial charge in [0.1, 0.15) is 18.3 Å². The molecule has 0 saturated carbocycles. The number of carbonyl (C=O) groups is 1. The minimum Gasteiger partial charge on any atom is -0.454 e. The third-order valence-corrected chi connectivity index (χ3v) is 2.42. The quantitative estimate of drug-likeness (QED) is 0.469. The number of ether oxygens (including phenoxy) is 3. The summed E-state index contributed by atoms with van der Waals surface area (Å²) in [5.41, 5.74) is 0. The Morgan fingerprint density at radius 1 is 1.43 bits per heavy atom. The Morgan fingerprint density at radius 3 is 2.86 bits per heavy atom. The van der Waals surface area contributed by atoms with Crippen molar-refractivity contribution in [3.05, 3.63) is 12.7 Å². The first-order valence-electron chi connectivity index (χ1n) is 4.46. The van der Waals surface area contributed by atoms with Crippen LogP contribution in [-0.4, -0.2) is 48.7 Å². The zero-order valence-corrected chi connectivity index (χ0v) is 7.59. The molecule has 0 spiro atoms. The lowest BCUT2D eigenvalue weighted by atomic mass is 10.1. The Morgan fingerprint density at radius 2 is 2.14 bits per heavy atom. The van der Waals surface area contributed by atoms with Gasteiger partial charge in [-0.2, -0.15) is 0 Å². The maximum Gasteiger partial charge on any atom is 0.330 e. The topological polar surface area (TPSA) is 65.0 Å². The zero-order valence-electron chi connectivity index (χ0n) is 7.59. The van der Waals surface area contributed by atoms with E-state index in [0.717, 1.165) is 6.08 Å². The van der Waals surface area contributed by atoms with Crippen molar-refractivity contribution in [2.75, 3.05) is 13.2 Å². The SMILES string of the molecule is C=CC(=O)OC1COC2C(O)COC12. The van der Waals surface area contributed by atoms with E-state index < -0.39 is 18.2 Å². The fraction of sp³-hybridized carbons (Fsp3) is 0.667. The van der Waals surface area contributed by atoms with E-state index in [-0.39, 0.29) is 25.4 Å². The van der Waals surface area contributed by atoms with Gasteiger partial charge in [-0.25, -0.2) is 4.79 Å².